The number of hydrogen-bond acceptors (Lipinski definition) is 2. The van der Waals surface area contributed by atoms with E-state index in [1.807, 2.05) is 17.8 Å². The normalized spacial score (nSPS) is 14.8. The van der Waals surface area contributed by atoms with Gasteiger partial charge in [0.15, 0.2) is 0 Å². The van der Waals surface area contributed by atoms with E-state index >= 15 is 0 Å². The number of thioether (sulfide) groups is 1. The van der Waals surface area contributed by atoms with Gasteiger partial charge in [-0.1, -0.05) is 61.4 Å². The van der Waals surface area contributed by atoms with Crippen molar-refractivity contribution < 1.29 is 4.79 Å². The molecule has 2 N–H and O–H groups in total. The van der Waals surface area contributed by atoms with Crippen molar-refractivity contribution in [3.05, 3.63) is 54.6 Å². The molecule has 3 nitrogen and oxygen atoms in total. The van der Waals surface area contributed by atoms with Crippen LogP contribution in [-0.4, -0.2) is 23.2 Å². The van der Waals surface area contributed by atoms with Gasteiger partial charge in [0.05, 0.1) is 5.69 Å². The fourth-order valence-corrected chi connectivity index (χ4v) is 4.79. The van der Waals surface area contributed by atoms with Gasteiger partial charge in [-0.05, 0) is 24.5 Å². The second kappa shape index (κ2) is 8.00. The van der Waals surface area contributed by atoms with Crippen molar-refractivity contribution in [2.75, 3.05) is 12.3 Å². The van der Waals surface area contributed by atoms with Crippen LogP contribution in [0.2, 0.25) is 0 Å². The van der Waals surface area contributed by atoms with Crippen molar-refractivity contribution in [2.24, 2.45) is 5.92 Å². The van der Waals surface area contributed by atoms with Gasteiger partial charge in [0.2, 0.25) is 5.91 Å². The monoisotopic (exact) mass is 364 g/mol. The molecule has 0 unspecified atom stereocenters. The Labute approximate surface area is 158 Å². The summed E-state index contributed by atoms with van der Waals surface area (Å²) in [5.74, 6) is 1.36. The maximum Gasteiger partial charge on any atom is 0.223 e. The van der Waals surface area contributed by atoms with Crippen molar-refractivity contribution in [3.63, 3.8) is 0 Å². The van der Waals surface area contributed by atoms with Gasteiger partial charge in [-0.25, -0.2) is 0 Å². The molecule has 2 aromatic carbocycles. The van der Waals surface area contributed by atoms with E-state index < -0.39 is 0 Å². The van der Waals surface area contributed by atoms with Gasteiger partial charge in [0.25, 0.3) is 0 Å². The van der Waals surface area contributed by atoms with Crippen LogP contribution in [0.4, 0.5) is 0 Å². The van der Waals surface area contributed by atoms with Crippen molar-refractivity contribution in [1.29, 1.82) is 0 Å². The SMILES string of the molecule is O=C(NCCSc1c(-c2ccccc2)[nH]c2ccccc12)C1CCCC1. The number of fused-ring (bicyclic) bond motifs is 1. The third-order valence-corrected chi connectivity index (χ3v) is 6.22. The van der Waals surface area contributed by atoms with Gasteiger partial charge in [-0.3, -0.25) is 4.79 Å². The van der Waals surface area contributed by atoms with E-state index in [4.69, 9.17) is 0 Å². The highest BCUT2D eigenvalue weighted by atomic mass is 32.2. The van der Waals surface area contributed by atoms with E-state index in [0.717, 1.165) is 24.1 Å². The zero-order chi connectivity index (χ0) is 17.8. The Morgan fingerprint density at radius 2 is 1.77 bits per heavy atom. The Kier molecular flexibility index (Phi) is 5.30. The average Bonchev–Trinajstić information content (AvgIpc) is 3.34. The molecule has 26 heavy (non-hydrogen) atoms. The third-order valence-electron chi connectivity index (χ3n) is 5.09. The molecule has 0 saturated heterocycles. The fraction of sp³-hybridized carbons (Fsp3) is 0.318. The minimum absolute atomic E-state index is 0.241. The molecule has 1 aliphatic rings. The summed E-state index contributed by atoms with van der Waals surface area (Å²) in [4.78, 5) is 17.0. The predicted molar refractivity (Wildman–Crippen MR) is 109 cm³/mol. The summed E-state index contributed by atoms with van der Waals surface area (Å²) in [6.45, 7) is 0.716. The maximum absolute atomic E-state index is 12.2. The summed E-state index contributed by atoms with van der Waals surface area (Å²) >= 11 is 1.82. The largest absolute Gasteiger partial charge is 0.355 e. The number of aromatic nitrogens is 1. The topological polar surface area (TPSA) is 44.9 Å². The Balaban J connectivity index is 1.47. The van der Waals surface area contributed by atoms with E-state index in [1.54, 1.807) is 0 Å². The van der Waals surface area contributed by atoms with E-state index in [0.29, 0.717) is 6.54 Å². The lowest BCUT2D eigenvalue weighted by Gasteiger charge is -2.10. The zero-order valence-electron chi connectivity index (χ0n) is 14.8. The van der Waals surface area contributed by atoms with E-state index in [1.165, 1.54) is 34.4 Å². The highest BCUT2D eigenvalue weighted by Gasteiger charge is 2.22. The molecule has 1 saturated carbocycles. The van der Waals surface area contributed by atoms with Gasteiger partial charge in [-0.15, -0.1) is 11.8 Å². The van der Waals surface area contributed by atoms with Crippen LogP contribution in [0.15, 0.2) is 59.5 Å². The fourth-order valence-electron chi connectivity index (χ4n) is 3.73. The maximum atomic E-state index is 12.2. The molecule has 4 heteroatoms. The first kappa shape index (κ1) is 17.2. The Morgan fingerprint density at radius 3 is 2.58 bits per heavy atom. The first-order valence-electron chi connectivity index (χ1n) is 9.39. The first-order valence-corrected chi connectivity index (χ1v) is 10.4. The number of carbonyl (C=O) groups excluding carboxylic acids is 1. The highest BCUT2D eigenvalue weighted by molar-refractivity contribution is 7.99. The number of H-pyrrole nitrogens is 1. The summed E-state index contributed by atoms with van der Waals surface area (Å²) in [5.41, 5.74) is 3.52. The third kappa shape index (κ3) is 3.65. The Morgan fingerprint density at radius 1 is 1.04 bits per heavy atom. The van der Waals surface area contributed by atoms with Crippen LogP contribution in [0.1, 0.15) is 25.7 Å². The minimum Gasteiger partial charge on any atom is -0.355 e. The smallest absolute Gasteiger partial charge is 0.223 e. The molecule has 134 valence electrons. The number of benzene rings is 2. The molecule has 1 aromatic heterocycles. The predicted octanol–water partition coefficient (Wildman–Crippen LogP) is 5.23. The second-order valence-corrected chi connectivity index (χ2v) is 7.97. The standard InChI is InChI=1S/C22H24N2OS/c25-22(17-10-4-5-11-17)23-14-15-26-21-18-12-6-7-13-19(18)24-20(21)16-8-2-1-3-9-16/h1-3,6-9,12-13,17,24H,4-5,10-11,14-15H2,(H,23,25). The lowest BCUT2D eigenvalue weighted by molar-refractivity contribution is -0.124. The quantitative estimate of drug-likeness (QED) is 0.464. The van der Waals surface area contributed by atoms with Crippen LogP contribution in [0.3, 0.4) is 0 Å². The molecule has 0 radical (unpaired) electrons. The van der Waals surface area contributed by atoms with Gasteiger partial charge < -0.3 is 10.3 Å². The van der Waals surface area contributed by atoms with E-state index in [2.05, 4.69) is 58.8 Å². The second-order valence-electron chi connectivity index (χ2n) is 6.86. The molecule has 3 aromatic rings. The highest BCUT2D eigenvalue weighted by Crippen LogP contribution is 2.37. The van der Waals surface area contributed by atoms with Crippen LogP contribution in [0.25, 0.3) is 22.2 Å². The van der Waals surface area contributed by atoms with Crippen molar-refractivity contribution in [3.8, 4) is 11.3 Å². The molecule has 0 aliphatic heterocycles. The molecule has 0 spiro atoms. The average molecular weight is 365 g/mol. The number of aromatic amines is 1. The number of hydrogen-bond donors (Lipinski definition) is 2. The van der Waals surface area contributed by atoms with Gasteiger partial charge >= 0.3 is 0 Å². The molecule has 1 amide bonds. The van der Waals surface area contributed by atoms with Gasteiger partial charge in [0.1, 0.15) is 0 Å². The van der Waals surface area contributed by atoms with Gasteiger partial charge in [0, 0.05) is 34.0 Å². The van der Waals surface area contributed by atoms with Crippen molar-refractivity contribution in [2.45, 2.75) is 30.6 Å². The molecule has 4 rings (SSSR count). The Bertz CT molecular complexity index is 882. The van der Waals surface area contributed by atoms with Crippen LogP contribution in [0, 0.1) is 5.92 Å². The van der Waals surface area contributed by atoms with Crippen molar-refractivity contribution >= 4 is 28.6 Å². The molecule has 1 fully saturated rings. The summed E-state index contributed by atoms with van der Waals surface area (Å²) in [7, 11) is 0. The summed E-state index contributed by atoms with van der Waals surface area (Å²) in [6.07, 6.45) is 4.50. The number of para-hydroxylation sites is 1. The zero-order valence-corrected chi connectivity index (χ0v) is 15.6. The molecule has 0 bridgehead atoms. The molecular weight excluding hydrogens is 340 g/mol. The van der Waals surface area contributed by atoms with Gasteiger partial charge in [-0.2, -0.15) is 0 Å². The number of carbonyl (C=O) groups is 1. The lowest BCUT2D eigenvalue weighted by Crippen LogP contribution is -2.30. The van der Waals surface area contributed by atoms with Crippen LogP contribution in [-0.2, 0) is 4.79 Å². The number of rotatable bonds is 6. The number of nitrogens with one attached hydrogen (secondary N) is 2. The van der Waals surface area contributed by atoms with Crippen LogP contribution < -0.4 is 5.32 Å². The van der Waals surface area contributed by atoms with Crippen LogP contribution in [0.5, 0.6) is 0 Å². The first-order chi connectivity index (χ1) is 12.8. The van der Waals surface area contributed by atoms with E-state index in [9.17, 15) is 4.79 Å². The van der Waals surface area contributed by atoms with Crippen molar-refractivity contribution in [1.82, 2.24) is 10.3 Å². The summed E-state index contributed by atoms with van der Waals surface area (Å²) in [6, 6.07) is 18.9. The minimum atomic E-state index is 0.241. The molecule has 1 aliphatic carbocycles. The lowest BCUT2D eigenvalue weighted by atomic mass is 10.1. The molecular formula is C22H24N2OS. The summed E-state index contributed by atoms with van der Waals surface area (Å²) in [5, 5.41) is 4.37. The molecule has 1 heterocycles. The number of amides is 1. The molecule has 0 atom stereocenters. The Hall–Kier alpha value is -2.20. The van der Waals surface area contributed by atoms with Crippen LogP contribution >= 0.6 is 11.8 Å². The van der Waals surface area contributed by atoms with E-state index in [-0.39, 0.29) is 11.8 Å². The summed E-state index contributed by atoms with van der Waals surface area (Å²) < 4.78 is 0.